The average Bonchev–Trinajstić information content (AvgIpc) is 2.49. The van der Waals surface area contributed by atoms with E-state index in [1.165, 1.54) is 22.9 Å². The third-order valence-electron chi connectivity index (χ3n) is 2.82. The molecule has 6 heteroatoms. The summed E-state index contributed by atoms with van der Waals surface area (Å²) >= 11 is 5.80. The molecule has 1 aromatic heterocycles. The maximum atomic E-state index is 11.8. The zero-order valence-corrected chi connectivity index (χ0v) is 11.8. The minimum absolute atomic E-state index is 0.153. The lowest BCUT2D eigenvalue weighted by atomic mass is 10.2. The normalized spacial score (nSPS) is 9.90. The number of aromatic nitrogens is 1. The highest BCUT2D eigenvalue weighted by molar-refractivity contribution is 6.30. The molecular weight excluding hydrogens is 290 g/mol. The molecule has 0 radical (unpaired) electrons. The quantitative estimate of drug-likeness (QED) is 0.942. The zero-order chi connectivity index (χ0) is 15.2. The second-order valence-corrected chi connectivity index (χ2v) is 4.80. The molecule has 106 valence electrons. The third kappa shape index (κ3) is 4.20. The van der Waals surface area contributed by atoms with Crippen LogP contribution in [0.5, 0.6) is 0 Å². The van der Waals surface area contributed by atoms with Gasteiger partial charge in [0.05, 0.1) is 16.7 Å². The Morgan fingerprint density at radius 2 is 1.95 bits per heavy atom. The van der Waals surface area contributed by atoms with Gasteiger partial charge < -0.3 is 9.88 Å². The standard InChI is InChI=1S/C15H12ClN3O2/c16-12-3-6-15(21)19(10-12)8-7-14(20)18-13-4-1-11(9-17)2-5-13/h1-6,10H,7-8H2,(H,18,20). The van der Waals surface area contributed by atoms with Gasteiger partial charge in [-0.25, -0.2) is 0 Å². The Morgan fingerprint density at radius 3 is 2.62 bits per heavy atom. The molecule has 0 atom stereocenters. The van der Waals surface area contributed by atoms with Crippen molar-refractivity contribution in [3.63, 3.8) is 0 Å². The van der Waals surface area contributed by atoms with Crippen molar-refractivity contribution < 1.29 is 4.79 Å². The molecule has 2 rings (SSSR count). The van der Waals surface area contributed by atoms with Crippen LogP contribution in [0.2, 0.25) is 5.02 Å². The molecule has 1 heterocycles. The van der Waals surface area contributed by atoms with E-state index in [4.69, 9.17) is 16.9 Å². The smallest absolute Gasteiger partial charge is 0.250 e. The molecule has 0 saturated heterocycles. The Kier molecular flexibility index (Phi) is 4.75. The van der Waals surface area contributed by atoms with Gasteiger partial charge in [0.25, 0.3) is 5.56 Å². The first-order valence-corrected chi connectivity index (χ1v) is 6.62. The van der Waals surface area contributed by atoms with E-state index in [9.17, 15) is 9.59 Å². The van der Waals surface area contributed by atoms with Gasteiger partial charge in [0.15, 0.2) is 0 Å². The number of rotatable bonds is 4. The molecule has 0 aliphatic carbocycles. The van der Waals surface area contributed by atoms with Gasteiger partial charge >= 0.3 is 0 Å². The van der Waals surface area contributed by atoms with E-state index in [0.29, 0.717) is 16.3 Å². The number of hydrogen-bond acceptors (Lipinski definition) is 3. The molecule has 0 saturated carbocycles. The lowest BCUT2D eigenvalue weighted by Gasteiger charge is -2.07. The van der Waals surface area contributed by atoms with E-state index in [2.05, 4.69) is 5.32 Å². The van der Waals surface area contributed by atoms with E-state index in [1.807, 2.05) is 6.07 Å². The van der Waals surface area contributed by atoms with Gasteiger partial charge in [-0.1, -0.05) is 11.6 Å². The Labute approximate surface area is 126 Å². The predicted octanol–water partition coefficient (Wildman–Crippen LogP) is 2.40. The number of halogens is 1. The van der Waals surface area contributed by atoms with Gasteiger partial charge in [0.2, 0.25) is 5.91 Å². The summed E-state index contributed by atoms with van der Waals surface area (Å²) in [6.45, 7) is 0.251. The van der Waals surface area contributed by atoms with Gasteiger partial charge in [-0.05, 0) is 30.3 Å². The molecule has 2 aromatic rings. The lowest BCUT2D eigenvalue weighted by Crippen LogP contribution is -2.22. The van der Waals surface area contributed by atoms with Crippen molar-refractivity contribution in [3.8, 4) is 6.07 Å². The predicted molar refractivity (Wildman–Crippen MR) is 80.1 cm³/mol. The molecule has 0 aliphatic heterocycles. The molecule has 0 aliphatic rings. The highest BCUT2D eigenvalue weighted by Crippen LogP contribution is 2.09. The Hall–Kier alpha value is -2.58. The van der Waals surface area contributed by atoms with Gasteiger partial charge in [0, 0.05) is 30.9 Å². The molecule has 0 fully saturated rings. The molecule has 1 N–H and O–H groups in total. The van der Waals surface area contributed by atoms with E-state index in [0.717, 1.165) is 0 Å². The summed E-state index contributed by atoms with van der Waals surface area (Å²) in [6.07, 6.45) is 1.65. The van der Waals surface area contributed by atoms with Crippen molar-refractivity contribution in [1.29, 1.82) is 5.26 Å². The number of nitriles is 1. The van der Waals surface area contributed by atoms with Crippen LogP contribution in [-0.2, 0) is 11.3 Å². The minimum atomic E-state index is -0.216. The highest BCUT2D eigenvalue weighted by Gasteiger charge is 2.04. The van der Waals surface area contributed by atoms with Crippen LogP contribution in [0, 0.1) is 11.3 Å². The third-order valence-corrected chi connectivity index (χ3v) is 3.05. The van der Waals surface area contributed by atoms with Gasteiger partial charge in [-0.3, -0.25) is 9.59 Å². The fraction of sp³-hybridized carbons (Fsp3) is 0.133. The van der Waals surface area contributed by atoms with Crippen molar-refractivity contribution in [2.45, 2.75) is 13.0 Å². The van der Waals surface area contributed by atoms with Crippen LogP contribution in [0.3, 0.4) is 0 Å². The second kappa shape index (κ2) is 6.73. The summed E-state index contributed by atoms with van der Waals surface area (Å²) in [5.41, 5.74) is 0.932. The Balaban J connectivity index is 1.94. The summed E-state index contributed by atoms with van der Waals surface area (Å²) < 4.78 is 1.39. The van der Waals surface area contributed by atoms with Crippen molar-refractivity contribution in [3.05, 3.63) is 63.5 Å². The van der Waals surface area contributed by atoms with Crippen molar-refractivity contribution in [2.24, 2.45) is 0 Å². The van der Waals surface area contributed by atoms with Gasteiger partial charge in [0.1, 0.15) is 0 Å². The summed E-state index contributed by atoms with van der Waals surface area (Å²) in [5, 5.41) is 11.8. The maximum Gasteiger partial charge on any atom is 0.250 e. The van der Waals surface area contributed by atoms with Gasteiger partial charge in [-0.15, -0.1) is 0 Å². The molecule has 1 amide bonds. The number of carbonyl (C=O) groups excluding carboxylic acids is 1. The number of carbonyl (C=O) groups is 1. The fourth-order valence-corrected chi connectivity index (χ4v) is 1.93. The summed E-state index contributed by atoms with van der Waals surface area (Å²) in [5.74, 6) is -0.216. The molecule has 0 unspecified atom stereocenters. The number of anilines is 1. The molecule has 0 spiro atoms. The first-order chi connectivity index (χ1) is 10.1. The molecule has 5 nitrogen and oxygen atoms in total. The van der Waals surface area contributed by atoms with Crippen molar-refractivity contribution in [1.82, 2.24) is 4.57 Å². The fourth-order valence-electron chi connectivity index (χ4n) is 1.75. The monoisotopic (exact) mass is 301 g/mol. The molecule has 21 heavy (non-hydrogen) atoms. The largest absolute Gasteiger partial charge is 0.326 e. The van der Waals surface area contributed by atoms with Crippen LogP contribution in [0.25, 0.3) is 0 Å². The second-order valence-electron chi connectivity index (χ2n) is 4.37. The van der Waals surface area contributed by atoms with E-state index < -0.39 is 0 Å². The van der Waals surface area contributed by atoms with Crippen molar-refractivity contribution in [2.75, 3.05) is 5.32 Å². The number of pyridine rings is 1. The van der Waals surface area contributed by atoms with Crippen LogP contribution in [-0.4, -0.2) is 10.5 Å². The first-order valence-electron chi connectivity index (χ1n) is 6.24. The number of nitrogens with zero attached hydrogens (tertiary/aromatic N) is 2. The lowest BCUT2D eigenvalue weighted by molar-refractivity contribution is -0.116. The number of benzene rings is 1. The number of hydrogen-bond donors (Lipinski definition) is 1. The van der Waals surface area contributed by atoms with Crippen LogP contribution in [0.15, 0.2) is 47.4 Å². The van der Waals surface area contributed by atoms with Crippen LogP contribution < -0.4 is 10.9 Å². The topological polar surface area (TPSA) is 74.9 Å². The maximum absolute atomic E-state index is 11.8. The number of aryl methyl sites for hydroxylation is 1. The SMILES string of the molecule is N#Cc1ccc(NC(=O)CCn2cc(Cl)ccc2=O)cc1. The summed E-state index contributed by atoms with van der Waals surface area (Å²) in [6, 6.07) is 11.4. The molecular formula is C15H12ClN3O2. The number of amides is 1. The minimum Gasteiger partial charge on any atom is -0.326 e. The van der Waals surface area contributed by atoms with E-state index >= 15 is 0 Å². The van der Waals surface area contributed by atoms with Crippen molar-refractivity contribution >= 4 is 23.2 Å². The van der Waals surface area contributed by atoms with Crippen LogP contribution in [0.4, 0.5) is 5.69 Å². The molecule has 1 aromatic carbocycles. The molecule has 0 bridgehead atoms. The highest BCUT2D eigenvalue weighted by atomic mass is 35.5. The van der Waals surface area contributed by atoms with Gasteiger partial charge in [-0.2, -0.15) is 5.26 Å². The van der Waals surface area contributed by atoms with E-state index in [-0.39, 0.29) is 24.4 Å². The van der Waals surface area contributed by atoms with Crippen LogP contribution in [0.1, 0.15) is 12.0 Å². The number of nitrogens with one attached hydrogen (secondary N) is 1. The average molecular weight is 302 g/mol. The Morgan fingerprint density at radius 1 is 1.24 bits per heavy atom. The first kappa shape index (κ1) is 14.8. The Bertz CT molecular complexity index is 745. The van der Waals surface area contributed by atoms with E-state index in [1.54, 1.807) is 24.3 Å². The zero-order valence-electron chi connectivity index (χ0n) is 11.0. The van der Waals surface area contributed by atoms with Crippen LogP contribution >= 0.6 is 11.6 Å². The summed E-state index contributed by atoms with van der Waals surface area (Å²) in [4.78, 5) is 23.4. The summed E-state index contributed by atoms with van der Waals surface area (Å²) in [7, 11) is 0.